The van der Waals surface area contributed by atoms with Crippen LogP contribution in [0.4, 0.5) is 0 Å². The molecule has 2 aromatic rings. The van der Waals surface area contributed by atoms with Crippen LogP contribution in [0.1, 0.15) is 35.3 Å². The van der Waals surface area contributed by atoms with E-state index >= 15 is 0 Å². The lowest BCUT2D eigenvalue weighted by atomic mass is 10.1. The molecule has 2 rings (SSSR count). The van der Waals surface area contributed by atoms with Gasteiger partial charge in [-0.3, -0.25) is 4.79 Å². The molecule has 0 heterocycles. The van der Waals surface area contributed by atoms with Gasteiger partial charge in [0.15, 0.2) is 11.5 Å². The first kappa shape index (κ1) is 18.8. The summed E-state index contributed by atoms with van der Waals surface area (Å²) in [5.41, 5.74) is 4.65. The lowest BCUT2D eigenvalue weighted by molar-refractivity contribution is 0.0954. The molecular formula is C19H21ClN2O3. The molecule has 6 heteroatoms. The molecule has 0 saturated heterocycles. The third kappa shape index (κ3) is 4.97. The fraction of sp³-hybridized carbons (Fsp3) is 0.263. The standard InChI is InChI=1S/C19H21ClN2O3/c1-12(2)25-18-16(20)9-14(10-17(18)24-4)11-21-22-19(23)15-8-6-5-7-13(15)3/h5-12H,1-4H3,(H,22,23)/b21-11-. The van der Waals surface area contributed by atoms with Crippen molar-refractivity contribution in [2.45, 2.75) is 26.9 Å². The minimum atomic E-state index is -0.271. The summed E-state index contributed by atoms with van der Waals surface area (Å²) >= 11 is 6.26. The van der Waals surface area contributed by atoms with Gasteiger partial charge in [-0.1, -0.05) is 29.8 Å². The van der Waals surface area contributed by atoms with Crippen molar-refractivity contribution in [1.82, 2.24) is 5.43 Å². The van der Waals surface area contributed by atoms with Gasteiger partial charge in [-0.15, -0.1) is 0 Å². The number of carbonyl (C=O) groups excluding carboxylic acids is 1. The fourth-order valence-corrected chi connectivity index (χ4v) is 2.48. The van der Waals surface area contributed by atoms with Gasteiger partial charge in [0.25, 0.3) is 5.91 Å². The smallest absolute Gasteiger partial charge is 0.271 e. The van der Waals surface area contributed by atoms with Gasteiger partial charge in [0, 0.05) is 5.56 Å². The van der Waals surface area contributed by atoms with E-state index in [0.717, 1.165) is 5.56 Å². The van der Waals surface area contributed by atoms with Gasteiger partial charge < -0.3 is 9.47 Å². The first-order valence-electron chi connectivity index (χ1n) is 7.85. The summed E-state index contributed by atoms with van der Waals surface area (Å²) in [6, 6.07) is 10.8. The lowest BCUT2D eigenvalue weighted by Crippen LogP contribution is -2.18. The number of hydrazone groups is 1. The van der Waals surface area contributed by atoms with Crippen molar-refractivity contribution in [3.8, 4) is 11.5 Å². The van der Waals surface area contributed by atoms with Gasteiger partial charge >= 0.3 is 0 Å². The van der Waals surface area contributed by atoms with E-state index < -0.39 is 0 Å². The Morgan fingerprint density at radius 2 is 2.00 bits per heavy atom. The van der Waals surface area contributed by atoms with Crippen LogP contribution in [-0.4, -0.2) is 25.3 Å². The average Bonchev–Trinajstić information content (AvgIpc) is 2.57. The van der Waals surface area contributed by atoms with Crippen molar-refractivity contribution >= 4 is 23.7 Å². The maximum Gasteiger partial charge on any atom is 0.271 e. The normalized spacial score (nSPS) is 11.0. The van der Waals surface area contributed by atoms with Gasteiger partial charge in [-0.25, -0.2) is 5.43 Å². The molecule has 1 N–H and O–H groups in total. The van der Waals surface area contributed by atoms with Crippen molar-refractivity contribution in [2.75, 3.05) is 7.11 Å². The van der Waals surface area contributed by atoms with Crippen LogP contribution in [0.2, 0.25) is 5.02 Å². The zero-order valence-corrected chi connectivity index (χ0v) is 15.4. The number of benzene rings is 2. The monoisotopic (exact) mass is 360 g/mol. The summed E-state index contributed by atoms with van der Waals surface area (Å²) < 4.78 is 11.0. The number of hydrogen-bond donors (Lipinski definition) is 1. The first-order chi connectivity index (χ1) is 11.9. The van der Waals surface area contributed by atoms with E-state index in [2.05, 4.69) is 10.5 Å². The van der Waals surface area contributed by atoms with Crippen LogP contribution in [0.3, 0.4) is 0 Å². The van der Waals surface area contributed by atoms with Crippen molar-refractivity contribution < 1.29 is 14.3 Å². The number of aryl methyl sites for hydroxylation is 1. The number of amides is 1. The summed E-state index contributed by atoms with van der Waals surface area (Å²) in [7, 11) is 1.54. The Hall–Kier alpha value is -2.53. The van der Waals surface area contributed by atoms with E-state index in [1.807, 2.05) is 39.0 Å². The second kappa shape index (κ2) is 8.53. The van der Waals surface area contributed by atoms with E-state index in [1.54, 1.807) is 25.3 Å². The molecule has 0 aromatic heterocycles. The van der Waals surface area contributed by atoms with Crippen LogP contribution >= 0.6 is 11.6 Å². The van der Waals surface area contributed by atoms with E-state index in [9.17, 15) is 4.79 Å². The fourth-order valence-electron chi connectivity index (χ4n) is 2.22. The van der Waals surface area contributed by atoms with Crippen molar-refractivity contribution in [3.63, 3.8) is 0 Å². The molecule has 0 aliphatic rings. The highest BCUT2D eigenvalue weighted by molar-refractivity contribution is 6.32. The number of methoxy groups -OCH3 is 1. The van der Waals surface area contributed by atoms with Gasteiger partial charge in [0.05, 0.1) is 24.5 Å². The van der Waals surface area contributed by atoms with Gasteiger partial charge in [0.1, 0.15) is 0 Å². The minimum absolute atomic E-state index is 0.0284. The Morgan fingerprint density at radius 3 is 2.64 bits per heavy atom. The third-order valence-electron chi connectivity index (χ3n) is 3.37. The summed E-state index contributed by atoms with van der Waals surface area (Å²) in [5.74, 6) is 0.723. The number of rotatable bonds is 6. The van der Waals surface area contributed by atoms with Crippen LogP contribution in [0.25, 0.3) is 0 Å². The molecule has 25 heavy (non-hydrogen) atoms. The maximum atomic E-state index is 12.1. The average molecular weight is 361 g/mol. The third-order valence-corrected chi connectivity index (χ3v) is 3.66. The number of ether oxygens (including phenoxy) is 2. The topological polar surface area (TPSA) is 59.9 Å². The van der Waals surface area contributed by atoms with E-state index in [4.69, 9.17) is 21.1 Å². The molecule has 0 aliphatic heterocycles. The van der Waals surface area contributed by atoms with Gasteiger partial charge in [-0.2, -0.15) is 5.10 Å². The minimum Gasteiger partial charge on any atom is -0.493 e. The van der Waals surface area contributed by atoms with E-state index in [0.29, 0.717) is 27.6 Å². The van der Waals surface area contributed by atoms with Crippen molar-refractivity contribution in [3.05, 3.63) is 58.1 Å². The molecular weight excluding hydrogens is 340 g/mol. The highest BCUT2D eigenvalue weighted by Crippen LogP contribution is 2.36. The second-order valence-electron chi connectivity index (χ2n) is 5.71. The maximum absolute atomic E-state index is 12.1. The zero-order chi connectivity index (χ0) is 18.4. The number of nitrogens with one attached hydrogen (secondary N) is 1. The second-order valence-corrected chi connectivity index (χ2v) is 6.12. The van der Waals surface area contributed by atoms with Gasteiger partial charge in [0.2, 0.25) is 0 Å². The zero-order valence-electron chi connectivity index (χ0n) is 14.7. The van der Waals surface area contributed by atoms with Crippen molar-refractivity contribution in [1.29, 1.82) is 0 Å². The SMILES string of the molecule is COc1cc(/C=N\NC(=O)c2ccccc2C)cc(Cl)c1OC(C)C. The van der Waals surface area contributed by atoms with Crippen LogP contribution in [0.15, 0.2) is 41.5 Å². The Kier molecular flexibility index (Phi) is 6.42. The molecule has 0 aliphatic carbocycles. The highest BCUT2D eigenvalue weighted by Gasteiger charge is 2.13. The predicted octanol–water partition coefficient (Wildman–Crippen LogP) is 4.21. The molecule has 2 aromatic carbocycles. The van der Waals surface area contributed by atoms with Crippen LogP contribution < -0.4 is 14.9 Å². The molecule has 5 nitrogen and oxygen atoms in total. The number of carbonyl (C=O) groups is 1. The van der Waals surface area contributed by atoms with E-state index in [1.165, 1.54) is 6.21 Å². The van der Waals surface area contributed by atoms with Crippen LogP contribution in [-0.2, 0) is 0 Å². The Labute approximate surface area is 152 Å². The Morgan fingerprint density at radius 1 is 1.28 bits per heavy atom. The number of halogens is 1. The molecule has 0 unspecified atom stereocenters. The van der Waals surface area contributed by atoms with Crippen LogP contribution in [0, 0.1) is 6.92 Å². The van der Waals surface area contributed by atoms with Crippen LogP contribution in [0.5, 0.6) is 11.5 Å². The van der Waals surface area contributed by atoms with E-state index in [-0.39, 0.29) is 12.0 Å². The molecule has 0 saturated carbocycles. The summed E-state index contributed by atoms with van der Waals surface area (Å²) in [6.07, 6.45) is 1.48. The number of nitrogens with zero attached hydrogens (tertiary/aromatic N) is 1. The molecule has 0 fully saturated rings. The summed E-state index contributed by atoms with van der Waals surface area (Å²) in [4.78, 5) is 12.1. The number of hydrogen-bond acceptors (Lipinski definition) is 4. The summed E-state index contributed by atoms with van der Waals surface area (Å²) in [6.45, 7) is 5.69. The molecule has 0 spiro atoms. The Bertz CT molecular complexity index is 788. The first-order valence-corrected chi connectivity index (χ1v) is 8.23. The predicted molar refractivity (Wildman–Crippen MR) is 100 cm³/mol. The summed E-state index contributed by atoms with van der Waals surface area (Å²) in [5, 5.41) is 4.40. The highest BCUT2D eigenvalue weighted by atomic mass is 35.5. The quantitative estimate of drug-likeness (QED) is 0.620. The molecule has 132 valence electrons. The largest absolute Gasteiger partial charge is 0.493 e. The van der Waals surface area contributed by atoms with Gasteiger partial charge in [-0.05, 0) is 50.1 Å². The molecule has 0 atom stereocenters. The molecule has 0 bridgehead atoms. The lowest BCUT2D eigenvalue weighted by Gasteiger charge is -2.15. The van der Waals surface area contributed by atoms with Crippen molar-refractivity contribution in [2.24, 2.45) is 5.10 Å². The Balaban J connectivity index is 2.14. The molecule has 0 radical (unpaired) electrons. The molecule has 1 amide bonds.